The van der Waals surface area contributed by atoms with Gasteiger partial charge >= 0.3 is 0 Å². The van der Waals surface area contributed by atoms with E-state index in [0.29, 0.717) is 33.8 Å². The number of carbonyl (C=O) groups excluding carboxylic acids is 2. The van der Waals surface area contributed by atoms with Crippen molar-refractivity contribution >= 4 is 28.4 Å². The topological polar surface area (TPSA) is 90.4 Å². The second-order valence-electron chi connectivity index (χ2n) is 6.36. The van der Waals surface area contributed by atoms with Crippen molar-refractivity contribution in [2.45, 2.75) is 20.8 Å². The molecule has 7 heteroatoms. The van der Waals surface area contributed by atoms with Gasteiger partial charge in [0.2, 0.25) is 6.79 Å². The number of hydrogen-bond acceptors (Lipinski definition) is 6. The third kappa shape index (κ3) is 3.08. The Balaban J connectivity index is 1.69. The summed E-state index contributed by atoms with van der Waals surface area (Å²) in [5, 5.41) is 2.79. The fourth-order valence-electron chi connectivity index (χ4n) is 2.90. The number of rotatable bonds is 3. The van der Waals surface area contributed by atoms with E-state index in [4.69, 9.17) is 9.47 Å². The molecule has 0 aliphatic carbocycles. The molecule has 2 heterocycles. The van der Waals surface area contributed by atoms with Crippen LogP contribution in [0.1, 0.15) is 39.0 Å². The summed E-state index contributed by atoms with van der Waals surface area (Å²) in [5.74, 6) is 0.452. The van der Waals surface area contributed by atoms with Gasteiger partial charge in [-0.05, 0) is 45.0 Å². The van der Waals surface area contributed by atoms with Crippen LogP contribution < -0.4 is 14.8 Å². The van der Waals surface area contributed by atoms with Gasteiger partial charge in [0.1, 0.15) is 0 Å². The molecule has 136 valence electrons. The average molecular weight is 363 g/mol. The number of nitrogens with zero attached hydrogens (tertiary/aromatic N) is 2. The van der Waals surface area contributed by atoms with Crippen molar-refractivity contribution < 1.29 is 19.1 Å². The van der Waals surface area contributed by atoms with Gasteiger partial charge in [0, 0.05) is 17.2 Å². The van der Waals surface area contributed by atoms with Gasteiger partial charge in [-0.2, -0.15) is 0 Å². The molecule has 4 rings (SSSR count). The van der Waals surface area contributed by atoms with Crippen molar-refractivity contribution in [1.82, 2.24) is 9.97 Å². The van der Waals surface area contributed by atoms with Gasteiger partial charge in [0.15, 0.2) is 17.3 Å². The minimum atomic E-state index is -0.349. The van der Waals surface area contributed by atoms with Crippen molar-refractivity contribution in [3.05, 3.63) is 52.8 Å². The number of amides is 1. The van der Waals surface area contributed by atoms with Gasteiger partial charge in [-0.25, -0.2) is 9.97 Å². The van der Waals surface area contributed by atoms with Crippen molar-refractivity contribution in [2.75, 3.05) is 12.1 Å². The Kier molecular flexibility index (Phi) is 3.99. The largest absolute Gasteiger partial charge is 0.454 e. The van der Waals surface area contributed by atoms with E-state index < -0.39 is 0 Å². The van der Waals surface area contributed by atoms with Crippen LogP contribution in [0.3, 0.4) is 0 Å². The minimum absolute atomic E-state index is 0.0895. The zero-order chi connectivity index (χ0) is 19.1. The number of nitrogens with one attached hydrogen (secondary N) is 1. The van der Waals surface area contributed by atoms with Gasteiger partial charge in [-0.15, -0.1) is 0 Å². The first-order valence-corrected chi connectivity index (χ1v) is 8.43. The number of ketones is 1. The lowest BCUT2D eigenvalue weighted by Gasteiger charge is -2.11. The normalized spacial score (nSPS) is 12.3. The molecule has 3 aromatic rings. The van der Waals surface area contributed by atoms with Crippen molar-refractivity contribution in [3.8, 4) is 11.5 Å². The highest BCUT2D eigenvalue weighted by Crippen LogP contribution is 2.37. The molecule has 0 fully saturated rings. The van der Waals surface area contributed by atoms with Crippen LogP contribution in [0.25, 0.3) is 11.0 Å². The van der Waals surface area contributed by atoms with Crippen LogP contribution in [0.2, 0.25) is 0 Å². The Hall–Kier alpha value is -3.48. The first kappa shape index (κ1) is 17.0. The summed E-state index contributed by atoms with van der Waals surface area (Å²) < 4.78 is 10.6. The molecule has 0 unspecified atom stereocenters. The third-order valence-electron chi connectivity index (χ3n) is 4.48. The summed E-state index contributed by atoms with van der Waals surface area (Å²) in [5.41, 5.74) is 4.20. The van der Waals surface area contributed by atoms with E-state index in [1.165, 1.54) is 6.92 Å². The zero-order valence-electron chi connectivity index (χ0n) is 15.1. The van der Waals surface area contributed by atoms with Gasteiger partial charge < -0.3 is 14.8 Å². The molecule has 0 radical (unpaired) electrons. The Morgan fingerprint density at radius 3 is 2.33 bits per heavy atom. The van der Waals surface area contributed by atoms with Gasteiger partial charge in [-0.1, -0.05) is 0 Å². The molecule has 0 spiro atoms. The fourth-order valence-corrected chi connectivity index (χ4v) is 2.90. The second kappa shape index (κ2) is 6.35. The molecule has 0 atom stereocenters. The lowest BCUT2D eigenvalue weighted by atomic mass is 10.1. The summed E-state index contributed by atoms with van der Waals surface area (Å²) in [6.45, 7) is 5.29. The lowest BCUT2D eigenvalue weighted by molar-refractivity contribution is 0.101. The van der Waals surface area contributed by atoms with E-state index >= 15 is 0 Å². The summed E-state index contributed by atoms with van der Waals surface area (Å²) >= 11 is 0. The third-order valence-corrected chi connectivity index (χ3v) is 4.48. The van der Waals surface area contributed by atoms with Crippen molar-refractivity contribution in [3.63, 3.8) is 0 Å². The van der Waals surface area contributed by atoms with Crippen LogP contribution in [0.15, 0.2) is 30.3 Å². The van der Waals surface area contributed by atoms with Crippen LogP contribution in [0.5, 0.6) is 11.5 Å². The highest BCUT2D eigenvalue weighted by Gasteiger charge is 2.21. The lowest BCUT2D eigenvalue weighted by Crippen LogP contribution is -2.14. The van der Waals surface area contributed by atoms with Crippen LogP contribution in [-0.4, -0.2) is 28.5 Å². The molecule has 0 saturated carbocycles. The molecule has 0 saturated heterocycles. The smallest absolute Gasteiger partial charge is 0.255 e. The van der Waals surface area contributed by atoms with Crippen LogP contribution in [-0.2, 0) is 0 Å². The monoisotopic (exact) mass is 363 g/mol. The predicted molar refractivity (Wildman–Crippen MR) is 99.5 cm³/mol. The number of hydrogen-bond donors (Lipinski definition) is 1. The number of aryl methyl sites for hydroxylation is 2. The van der Waals surface area contributed by atoms with E-state index in [0.717, 1.165) is 16.9 Å². The van der Waals surface area contributed by atoms with Gasteiger partial charge in [0.25, 0.3) is 5.91 Å². The molecule has 1 N–H and O–H groups in total. The Morgan fingerprint density at radius 1 is 0.963 bits per heavy atom. The van der Waals surface area contributed by atoms with E-state index in [9.17, 15) is 9.59 Å². The maximum Gasteiger partial charge on any atom is 0.255 e. The molecule has 27 heavy (non-hydrogen) atoms. The molecule has 1 amide bonds. The Morgan fingerprint density at radius 2 is 1.63 bits per heavy atom. The fraction of sp³-hybridized carbons (Fsp3) is 0.200. The Bertz CT molecular complexity index is 1110. The quantitative estimate of drug-likeness (QED) is 0.717. The summed E-state index contributed by atoms with van der Waals surface area (Å²) in [4.78, 5) is 33.7. The summed E-state index contributed by atoms with van der Waals surface area (Å²) in [6.07, 6.45) is 0. The molecular weight excluding hydrogens is 346 g/mol. The summed E-state index contributed by atoms with van der Waals surface area (Å²) in [6, 6.07) is 8.31. The minimum Gasteiger partial charge on any atom is -0.454 e. The Labute approximate surface area is 155 Å². The van der Waals surface area contributed by atoms with Crippen LogP contribution in [0.4, 0.5) is 5.69 Å². The van der Waals surface area contributed by atoms with Crippen molar-refractivity contribution in [1.29, 1.82) is 0 Å². The SMILES string of the molecule is CC(=O)c1cc2c(cc1NC(=O)c1ccc3nc(C)c(C)nc3c1)OCO2. The number of Topliss-reactive ketones (excluding diaryl/α,β-unsaturated/α-hetero) is 1. The number of anilines is 1. The number of carbonyl (C=O) groups is 2. The van der Waals surface area contributed by atoms with Gasteiger partial charge in [0.05, 0.1) is 28.1 Å². The van der Waals surface area contributed by atoms with E-state index in [2.05, 4.69) is 15.3 Å². The first-order valence-electron chi connectivity index (χ1n) is 8.43. The maximum absolute atomic E-state index is 12.7. The van der Waals surface area contributed by atoms with E-state index in [-0.39, 0.29) is 18.5 Å². The molecule has 1 aliphatic heterocycles. The van der Waals surface area contributed by atoms with Crippen LogP contribution >= 0.6 is 0 Å². The van der Waals surface area contributed by atoms with Crippen molar-refractivity contribution in [2.24, 2.45) is 0 Å². The highest BCUT2D eigenvalue weighted by atomic mass is 16.7. The van der Waals surface area contributed by atoms with E-state index in [1.54, 1.807) is 30.3 Å². The number of aromatic nitrogens is 2. The second-order valence-corrected chi connectivity index (χ2v) is 6.36. The number of ether oxygens (including phenoxy) is 2. The first-order chi connectivity index (χ1) is 12.9. The molecule has 7 nitrogen and oxygen atoms in total. The molecule has 0 bridgehead atoms. The predicted octanol–water partition coefficient (Wildman–Crippen LogP) is 3.43. The highest BCUT2D eigenvalue weighted by molar-refractivity contribution is 6.10. The van der Waals surface area contributed by atoms with E-state index in [1.807, 2.05) is 13.8 Å². The van der Waals surface area contributed by atoms with Gasteiger partial charge in [-0.3, -0.25) is 9.59 Å². The average Bonchev–Trinajstić information content (AvgIpc) is 3.08. The molecule has 2 aromatic carbocycles. The molecule has 1 aromatic heterocycles. The number of benzene rings is 2. The molecular formula is C20H17N3O4. The van der Waals surface area contributed by atoms with Crippen LogP contribution in [0, 0.1) is 13.8 Å². The summed E-state index contributed by atoms with van der Waals surface area (Å²) in [7, 11) is 0. The maximum atomic E-state index is 12.7. The number of fused-ring (bicyclic) bond motifs is 2. The standard InChI is InChI=1S/C20H17N3O4/c1-10-11(2)22-17-6-13(4-5-15(17)21-10)20(25)23-16-8-19-18(26-9-27-19)7-14(16)12(3)24/h4-8H,9H2,1-3H3,(H,23,25). The molecule has 1 aliphatic rings. The zero-order valence-corrected chi connectivity index (χ0v) is 15.1.